The number of thiazole rings is 2. The van der Waals surface area contributed by atoms with Gasteiger partial charge in [0.25, 0.3) is 0 Å². The van der Waals surface area contributed by atoms with E-state index in [9.17, 15) is 10.2 Å². The molecule has 0 radical (unpaired) electrons. The van der Waals surface area contributed by atoms with Crippen molar-refractivity contribution in [1.29, 1.82) is 0 Å². The standard InChI is InChI=1S/C43H50N2O2S2/c1-40(2,3)24-42(7,8)28-20-26(36(46)30(22-28)38-44-32-15-11-13-17-34(32)48-38)19-27-21-29(43(9,10)25-41(4,5)6)23-31(37(27)47)39-45-33-16-12-14-18-35(33)49-39/h11-18,20-23,46-47H,19,24-25H2,1-10H3. The molecular formula is C43H50N2O2S2. The van der Waals surface area contributed by atoms with Gasteiger partial charge in [0.2, 0.25) is 0 Å². The van der Waals surface area contributed by atoms with Crippen LogP contribution in [0.4, 0.5) is 0 Å². The van der Waals surface area contributed by atoms with Gasteiger partial charge in [-0.05, 0) is 93.2 Å². The topological polar surface area (TPSA) is 66.2 Å². The summed E-state index contributed by atoms with van der Waals surface area (Å²) in [4.78, 5) is 9.93. The van der Waals surface area contributed by atoms with Crippen LogP contribution in [0, 0.1) is 10.8 Å². The number of phenolic OH excluding ortho intramolecular Hbond substituents is 2. The van der Waals surface area contributed by atoms with E-state index in [4.69, 9.17) is 9.97 Å². The Balaban J connectivity index is 1.55. The van der Waals surface area contributed by atoms with E-state index < -0.39 is 0 Å². The fourth-order valence-electron chi connectivity index (χ4n) is 7.80. The molecular weight excluding hydrogens is 641 g/mol. The zero-order valence-electron chi connectivity index (χ0n) is 30.7. The number of para-hydroxylation sites is 2. The number of aromatic nitrogens is 2. The molecule has 6 rings (SSSR count). The lowest BCUT2D eigenvalue weighted by Gasteiger charge is -2.34. The smallest absolute Gasteiger partial charge is 0.129 e. The summed E-state index contributed by atoms with van der Waals surface area (Å²) in [6, 6.07) is 24.8. The van der Waals surface area contributed by atoms with Crippen molar-refractivity contribution in [3.05, 3.63) is 95.1 Å². The second kappa shape index (κ2) is 12.5. The highest BCUT2D eigenvalue weighted by molar-refractivity contribution is 7.22. The molecule has 0 aliphatic heterocycles. The highest BCUT2D eigenvalue weighted by atomic mass is 32.1. The third-order valence-corrected chi connectivity index (χ3v) is 11.5. The number of hydrogen-bond acceptors (Lipinski definition) is 6. The highest BCUT2D eigenvalue weighted by Gasteiger charge is 2.32. The lowest BCUT2D eigenvalue weighted by atomic mass is 9.71. The number of hydrogen-bond donors (Lipinski definition) is 2. The Morgan fingerprint density at radius 3 is 1.24 bits per heavy atom. The molecule has 0 amide bonds. The van der Waals surface area contributed by atoms with Crippen LogP contribution in [0.25, 0.3) is 41.6 Å². The second-order valence-corrected chi connectivity index (χ2v) is 19.5. The summed E-state index contributed by atoms with van der Waals surface area (Å²) in [7, 11) is 0. The first-order valence-electron chi connectivity index (χ1n) is 17.2. The van der Waals surface area contributed by atoms with Gasteiger partial charge < -0.3 is 10.2 Å². The van der Waals surface area contributed by atoms with E-state index in [0.717, 1.165) is 76.7 Å². The summed E-state index contributed by atoms with van der Waals surface area (Å²) in [6.45, 7) is 22.8. The summed E-state index contributed by atoms with van der Waals surface area (Å²) >= 11 is 3.20. The average molecular weight is 691 g/mol. The molecule has 0 fully saturated rings. The van der Waals surface area contributed by atoms with Gasteiger partial charge in [-0.1, -0.05) is 106 Å². The fourth-order valence-corrected chi connectivity index (χ4v) is 9.77. The molecule has 49 heavy (non-hydrogen) atoms. The predicted octanol–water partition coefficient (Wildman–Crippen LogP) is 12.7. The Labute approximate surface area is 299 Å². The van der Waals surface area contributed by atoms with Crippen molar-refractivity contribution in [2.24, 2.45) is 10.8 Å². The Morgan fingerprint density at radius 2 is 0.898 bits per heavy atom. The van der Waals surface area contributed by atoms with Crippen LogP contribution in [-0.4, -0.2) is 20.2 Å². The van der Waals surface area contributed by atoms with Gasteiger partial charge in [0.1, 0.15) is 21.5 Å². The maximum absolute atomic E-state index is 12.1. The molecule has 4 nitrogen and oxygen atoms in total. The van der Waals surface area contributed by atoms with E-state index in [1.165, 1.54) is 0 Å². The van der Waals surface area contributed by atoms with Crippen molar-refractivity contribution < 1.29 is 10.2 Å². The van der Waals surface area contributed by atoms with E-state index in [1.54, 1.807) is 22.7 Å². The van der Waals surface area contributed by atoms with Crippen LogP contribution >= 0.6 is 22.7 Å². The summed E-state index contributed by atoms with van der Waals surface area (Å²) in [5, 5.41) is 25.8. The van der Waals surface area contributed by atoms with Gasteiger partial charge in [-0.3, -0.25) is 0 Å². The van der Waals surface area contributed by atoms with Crippen LogP contribution in [0.5, 0.6) is 11.5 Å². The molecule has 0 aliphatic carbocycles. The normalized spacial score (nSPS) is 13.1. The maximum atomic E-state index is 12.1. The molecule has 6 aromatic rings. The molecule has 4 aromatic carbocycles. The fraction of sp³-hybridized carbons (Fsp3) is 0.395. The molecule has 0 atom stereocenters. The summed E-state index contributed by atoms with van der Waals surface area (Å²) < 4.78 is 2.18. The maximum Gasteiger partial charge on any atom is 0.129 e. The minimum absolute atomic E-state index is 0.106. The summed E-state index contributed by atoms with van der Waals surface area (Å²) in [6.07, 6.45) is 2.30. The third-order valence-electron chi connectivity index (χ3n) is 9.31. The third kappa shape index (κ3) is 7.56. The van der Waals surface area contributed by atoms with Gasteiger partial charge in [0.05, 0.1) is 31.6 Å². The molecule has 0 unspecified atom stereocenters. The van der Waals surface area contributed by atoms with Gasteiger partial charge in [0.15, 0.2) is 0 Å². The average Bonchev–Trinajstić information content (AvgIpc) is 3.61. The quantitative estimate of drug-likeness (QED) is 0.167. The molecule has 2 heterocycles. The first-order chi connectivity index (χ1) is 22.8. The Morgan fingerprint density at radius 1 is 0.531 bits per heavy atom. The van der Waals surface area contributed by atoms with Crippen LogP contribution in [0.15, 0.2) is 72.8 Å². The van der Waals surface area contributed by atoms with E-state index in [0.29, 0.717) is 6.42 Å². The van der Waals surface area contributed by atoms with E-state index in [-0.39, 0.29) is 33.2 Å². The molecule has 2 N–H and O–H groups in total. The van der Waals surface area contributed by atoms with Crippen molar-refractivity contribution in [3.8, 4) is 32.6 Å². The van der Waals surface area contributed by atoms with Crippen molar-refractivity contribution in [2.45, 2.75) is 99.3 Å². The molecule has 256 valence electrons. The van der Waals surface area contributed by atoms with Crippen molar-refractivity contribution in [3.63, 3.8) is 0 Å². The van der Waals surface area contributed by atoms with E-state index in [2.05, 4.69) is 106 Å². The summed E-state index contributed by atoms with van der Waals surface area (Å²) in [5.41, 5.74) is 7.08. The number of nitrogens with zero attached hydrogens (tertiary/aromatic N) is 2. The van der Waals surface area contributed by atoms with Gasteiger partial charge in [-0.15, -0.1) is 22.7 Å². The number of rotatable bonds is 8. The number of benzene rings is 4. The second-order valence-electron chi connectivity index (χ2n) is 17.5. The molecule has 0 spiro atoms. The van der Waals surface area contributed by atoms with Crippen LogP contribution in [0.3, 0.4) is 0 Å². The molecule has 0 aliphatic rings. The Hall–Kier alpha value is -3.74. The monoisotopic (exact) mass is 690 g/mol. The zero-order valence-corrected chi connectivity index (χ0v) is 32.3. The number of phenols is 2. The van der Waals surface area contributed by atoms with Crippen molar-refractivity contribution in [2.75, 3.05) is 0 Å². The number of fused-ring (bicyclic) bond motifs is 2. The van der Waals surface area contributed by atoms with E-state index >= 15 is 0 Å². The first kappa shape index (κ1) is 35.1. The molecule has 0 saturated carbocycles. The SMILES string of the molecule is CC(C)(C)CC(C)(C)c1cc(Cc2cc(C(C)(C)CC(C)(C)C)cc(-c3nc4ccccc4s3)c2O)c(O)c(-c2nc3ccccc3s2)c1. The molecule has 6 heteroatoms. The molecule has 0 saturated heterocycles. The largest absolute Gasteiger partial charge is 0.507 e. The highest BCUT2D eigenvalue weighted by Crippen LogP contribution is 2.47. The van der Waals surface area contributed by atoms with Gasteiger partial charge >= 0.3 is 0 Å². The molecule has 2 aromatic heterocycles. The van der Waals surface area contributed by atoms with Crippen LogP contribution in [0.1, 0.15) is 104 Å². The lowest BCUT2D eigenvalue weighted by Crippen LogP contribution is -2.25. The van der Waals surface area contributed by atoms with Crippen molar-refractivity contribution in [1.82, 2.24) is 9.97 Å². The predicted molar refractivity (Wildman–Crippen MR) is 210 cm³/mol. The Kier molecular flexibility index (Phi) is 8.99. The summed E-state index contributed by atoms with van der Waals surface area (Å²) in [5.74, 6) is 0.435. The number of aromatic hydroxyl groups is 2. The van der Waals surface area contributed by atoms with Crippen LogP contribution < -0.4 is 0 Å². The first-order valence-corrected chi connectivity index (χ1v) is 18.9. The van der Waals surface area contributed by atoms with Crippen LogP contribution in [-0.2, 0) is 17.3 Å². The minimum atomic E-state index is -0.170. The van der Waals surface area contributed by atoms with Gasteiger partial charge in [0, 0.05) is 6.42 Å². The minimum Gasteiger partial charge on any atom is -0.507 e. The van der Waals surface area contributed by atoms with Crippen molar-refractivity contribution >= 4 is 43.1 Å². The van der Waals surface area contributed by atoms with Gasteiger partial charge in [-0.2, -0.15) is 0 Å². The zero-order chi connectivity index (χ0) is 35.5. The van der Waals surface area contributed by atoms with Gasteiger partial charge in [-0.25, -0.2) is 9.97 Å². The lowest BCUT2D eigenvalue weighted by molar-refractivity contribution is 0.283. The Bertz CT molecular complexity index is 1940. The van der Waals surface area contributed by atoms with E-state index in [1.807, 2.05) is 36.4 Å². The molecule has 0 bridgehead atoms. The van der Waals surface area contributed by atoms with Crippen LogP contribution in [0.2, 0.25) is 0 Å².